The van der Waals surface area contributed by atoms with Gasteiger partial charge in [-0.3, -0.25) is 4.79 Å². The molecule has 1 aliphatic carbocycles. The standard InChI is InChI=1S/C17H23N5O2/c1-13(18-15(23)12-17(24)10-6-3-7-11-17)16-19-20-21-22(16)14-8-4-2-5-9-14/h2,4-5,8-9,13,24H,3,6-7,10-12H2,1H3,(H,18,23). The molecule has 128 valence electrons. The first kappa shape index (κ1) is 16.6. The van der Waals surface area contributed by atoms with Crippen LogP contribution in [0.2, 0.25) is 0 Å². The molecule has 0 aliphatic heterocycles. The highest BCUT2D eigenvalue weighted by Gasteiger charge is 2.32. The second kappa shape index (κ2) is 7.09. The van der Waals surface area contributed by atoms with Gasteiger partial charge in [0.2, 0.25) is 5.91 Å². The van der Waals surface area contributed by atoms with E-state index in [-0.39, 0.29) is 18.4 Å². The molecule has 1 fully saturated rings. The van der Waals surface area contributed by atoms with E-state index in [1.54, 1.807) is 4.68 Å². The molecule has 0 spiro atoms. The maximum Gasteiger partial charge on any atom is 0.223 e. The van der Waals surface area contributed by atoms with E-state index in [1.807, 2.05) is 37.3 Å². The Labute approximate surface area is 141 Å². The lowest BCUT2D eigenvalue weighted by Gasteiger charge is -2.31. The summed E-state index contributed by atoms with van der Waals surface area (Å²) in [7, 11) is 0. The van der Waals surface area contributed by atoms with Crippen LogP contribution in [-0.4, -0.2) is 36.8 Å². The minimum atomic E-state index is -0.868. The third kappa shape index (κ3) is 3.79. The van der Waals surface area contributed by atoms with Gasteiger partial charge in [-0.15, -0.1) is 5.10 Å². The topological polar surface area (TPSA) is 92.9 Å². The minimum Gasteiger partial charge on any atom is -0.389 e. The zero-order valence-corrected chi connectivity index (χ0v) is 13.9. The van der Waals surface area contributed by atoms with E-state index in [0.717, 1.165) is 24.9 Å². The Morgan fingerprint density at radius 2 is 2.00 bits per heavy atom. The number of benzene rings is 1. The van der Waals surface area contributed by atoms with E-state index >= 15 is 0 Å². The van der Waals surface area contributed by atoms with Crippen molar-refractivity contribution in [2.24, 2.45) is 0 Å². The molecule has 1 amide bonds. The molecule has 1 aliphatic rings. The average Bonchev–Trinajstić information content (AvgIpc) is 3.05. The van der Waals surface area contributed by atoms with Crippen LogP contribution in [0.1, 0.15) is 57.3 Å². The Bertz CT molecular complexity index is 679. The van der Waals surface area contributed by atoms with E-state index in [1.165, 1.54) is 0 Å². The first-order valence-electron chi connectivity index (χ1n) is 8.43. The molecule has 0 radical (unpaired) electrons. The Morgan fingerprint density at radius 3 is 2.71 bits per heavy atom. The number of aromatic nitrogens is 4. The van der Waals surface area contributed by atoms with Crippen molar-refractivity contribution in [1.82, 2.24) is 25.5 Å². The lowest BCUT2D eigenvalue weighted by molar-refractivity contribution is -0.128. The Hall–Kier alpha value is -2.28. The van der Waals surface area contributed by atoms with Crippen molar-refractivity contribution in [1.29, 1.82) is 0 Å². The molecule has 2 aromatic rings. The van der Waals surface area contributed by atoms with E-state index < -0.39 is 5.60 Å². The van der Waals surface area contributed by atoms with Gasteiger partial charge in [-0.1, -0.05) is 37.5 Å². The van der Waals surface area contributed by atoms with Crippen molar-refractivity contribution in [2.45, 2.75) is 57.1 Å². The number of hydrogen-bond donors (Lipinski definition) is 2. The molecule has 3 rings (SSSR count). The lowest BCUT2D eigenvalue weighted by atomic mass is 9.82. The molecule has 2 N–H and O–H groups in total. The van der Waals surface area contributed by atoms with Gasteiger partial charge in [0.05, 0.1) is 23.8 Å². The highest BCUT2D eigenvalue weighted by atomic mass is 16.3. The highest BCUT2D eigenvalue weighted by molar-refractivity contribution is 5.77. The number of hydrogen-bond acceptors (Lipinski definition) is 5. The van der Waals surface area contributed by atoms with Crippen LogP contribution in [0.25, 0.3) is 5.69 Å². The number of para-hydroxylation sites is 1. The van der Waals surface area contributed by atoms with Gasteiger partial charge < -0.3 is 10.4 Å². The van der Waals surface area contributed by atoms with Gasteiger partial charge in [0.1, 0.15) is 0 Å². The number of nitrogens with one attached hydrogen (secondary N) is 1. The van der Waals surface area contributed by atoms with Crippen LogP contribution in [0.15, 0.2) is 30.3 Å². The van der Waals surface area contributed by atoms with Crippen molar-refractivity contribution in [3.8, 4) is 5.69 Å². The molecule has 7 heteroatoms. The van der Waals surface area contributed by atoms with Crippen LogP contribution in [0, 0.1) is 0 Å². The minimum absolute atomic E-state index is 0.129. The van der Waals surface area contributed by atoms with Gasteiger partial charge >= 0.3 is 0 Å². The monoisotopic (exact) mass is 329 g/mol. The number of rotatable bonds is 5. The van der Waals surface area contributed by atoms with Gasteiger partial charge in [0.15, 0.2) is 5.82 Å². The quantitative estimate of drug-likeness (QED) is 0.874. The molecule has 0 bridgehead atoms. The van der Waals surface area contributed by atoms with Crippen molar-refractivity contribution in [3.05, 3.63) is 36.2 Å². The smallest absolute Gasteiger partial charge is 0.223 e. The fraction of sp³-hybridized carbons (Fsp3) is 0.529. The Morgan fingerprint density at radius 1 is 1.29 bits per heavy atom. The zero-order valence-electron chi connectivity index (χ0n) is 13.9. The van der Waals surface area contributed by atoms with Gasteiger partial charge in [-0.2, -0.15) is 4.68 Å². The van der Waals surface area contributed by atoms with Crippen LogP contribution < -0.4 is 5.32 Å². The second-order valence-corrected chi connectivity index (χ2v) is 6.54. The maximum atomic E-state index is 12.3. The Balaban J connectivity index is 1.66. The molecule has 1 aromatic heterocycles. The van der Waals surface area contributed by atoms with Crippen LogP contribution in [0.5, 0.6) is 0 Å². The molecule has 1 aromatic carbocycles. The summed E-state index contributed by atoms with van der Waals surface area (Å²) in [6, 6.07) is 9.19. The van der Waals surface area contributed by atoms with Crippen molar-refractivity contribution >= 4 is 5.91 Å². The van der Waals surface area contributed by atoms with Crippen molar-refractivity contribution in [2.75, 3.05) is 0 Å². The predicted molar refractivity (Wildman–Crippen MR) is 88.4 cm³/mol. The van der Waals surface area contributed by atoms with Crippen molar-refractivity contribution < 1.29 is 9.90 Å². The van der Waals surface area contributed by atoms with E-state index in [2.05, 4.69) is 20.8 Å². The largest absolute Gasteiger partial charge is 0.389 e. The first-order chi connectivity index (χ1) is 11.6. The molecule has 7 nitrogen and oxygen atoms in total. The predicted octanol–water partition coefficient (Wildman–Crippen LogP) is 1.92. The first-order valence-corrected chi connectivity index (χ1v) is 8.43. The van der Waals surface area contributed by atoms with Gasteiger partial charge in [-0.05, 0) is 42.3 Å². The SMILES string of the molecule is CC(NC(=O)CC1(O)CCCCC1)c1nnnn1-c1ccccc1. The Kier molecular flexibility index (Phi) is 4.89. The van der Waals surface area contributed by atoms with Crippen LogP contribution in [-0.2, 0) is 4.79 Å². The normalized spacial score (nSPS) is 18.1. The van der Waals surface area contributed by atoms with E-state index in [9.17, 15) is 9.90 Å². The molecule has 0 saturated heterocycles. The van der Waals surface area contributed by atoms with Gasteiger partial charge in [0, 0.05) is 0 Å². The molecule has 24 heavy (non-hydrogen) atoms. The fourth-order valence-electron chi connectivity index (χ4n) is 3.26. The summed E-state index contributed by atoms with van der Waals surface area (Å²) in [4.78, 5) is 12.3. The number of aliphatic hydroxyl groups is 1. The molecular formula is C17H23N5O2. The summed E-state index contributed by atoms with van der Waals surface area (Å²) in [6.07, 6.45) is 4.60. The third-order valence-electron chi connectivity index (χ3n) is 4.53. The van der Waals surface area contributed by atoms with Crippen molar-refractivity contribution in [3.63, 3.8) is 0 Å². The number of amides is 1. The summed E-state index contributed by atoms with van der Waals surface area (Å²) in [5.41, 5.74) is -0.0301. The molecule has 1 atom stereocenters. The summed E-state index contributed by atoms with van der Waals surface area (Å²) >= 11 is 0. The summed E-state index contributed by atoms with van der Waals surface area (Å²) < 4.78 is 1.61. The summed E-state index contributed by atoms with van der Waals surface area (Å²) in [5.74, 6) is 0.389. The molecule has 1 saturated carbocycles. The number of carbonyl (C=O) groups excluding carboxylic acids is 1. The van der Waals surface area contributed by atoms with Crippen LogP contribution in [0.3, 0.4) is 0 Å². The second-order valence-electron chi connectivity index (χ2n) is 6.54. The summed E-state index contributed by atoms with van der Waals surface area (Å²) in [5, 5.41) is 25.2. The highest BCUT2D eigenvalue weighted by Crippen LogP contribution is 2.31. The van der Waals surface area contributed by atoms with E-state index in [4.69, 9.17) is 0 Å². The van der Waals surface area contributed by atoms with E-state index in [0.29, 0.717) is 18.7 Å². The van der Waals surface area contributed by atoms with Gasteiger partial charge in [-0.25, -0.2) is 0 Å². The van der Waals surface area contributed by atoms with Crippen LogP contribution in [0.4, 0.5) is 0 Å². The lowest BCUT2D eigenvalue weighted by Crippen LogP contribution is -2.39. The third-order valence-corrected chi connectivity index (χ3v) is 4.53. The summed E-state index contributed by atoms with van der Waals surface area (Å²) in [6.45, 7) is 1.84. The van der Waals surface area contributed by atoms with Gasteiger partial charge in [0.25, 0.3) is 0 Å². The zero-order chi connectivity index (χ0) is 17.0. The molecule has 1 heterocycles. The number of carbonyl (C=O) groups is 1. The molecular weight excluding hydrogens is 306 g/mol. The maximum absolute atomic E-state index is 12.3. The average molecular weight is 329 g/mol. The number of tetrazole rings is 1. The number of nitrogens with zero attached hydrogens (tertiary/aromatic N) is 4. The fourth-order valence-corrected chi connectivity index (χ4v) is 3.26. The molecule has 1 unspecified atom stereocenters. The van der Waals surface area contributed by atoms with Crippen LogP contribution >= 0.6 is 0 Å².